The molecule has 0 saturated heterocycles. The average Bonchev–Trinajstić information content (AvgIpc) is 2.55. The van der Waals surface area contributed by atoms with Gasteiger partial charge in [0.15, 0.2) is 6.17 Å². The third-order valence-corrected chi connectivity index (χ3v) is 5.18. The lowest BCUT2D eigenvalue weighted by atomic mass is 9.70. The second kappa shape index (κ2) is 9.07. The monoisotopic (exact) mass is 334 g/mol. The molecule has 0 bridgehead atoms. The van der Waals surface area contributed by atoms with E-state index in [-0.39, 0.29) is 12.3 Å². The van der Waals surface area contributed by atoms with Gasteiger partial charge in [-0.25, -0.2) is 13.2 Å². The van der Waals surface area contributed by atoms with Gasteiger partial charge in [0.2, 0.25) is 0 Å². The van der Waals surface area contributed by atoms with Crippen LogP contribution in [0.25, 0.3) is 0 Å². The van der Waals surface area contributed by atoms with Crippen LogP contribution in [-0.2, 0) is 9.47 Å². The molecule has 7 atom stereocenters. The highest BCUT2D eigenvalue weighted by molar-refractivity contribution is 4.95. The normalized spacial score (nSPS) is 41.7. The zero-order valence-corrected chi connectivity index (χ0v) is 13.9. The first-order chi connectivity index (χ1) is 11.1. The molecule has 0 amide bonds. The van der Waals surface area contributed by atoms with Crippen molar-refractivity contribution in [2.24, 2.45) is 11.8 Å². The van der Waals surface area contributed by atoms with Gasteiger partial charge in [0.05, 0.1) is 18.8 Å². The third kappa shape index (κ3) is 4.72. The van der Waals surface area contributed by atoms with Crippen molar-refractivity contribution in [3.8, 4) is 0 Å². The summed E-state index contributed by atoms with van der Waals surface area (Å²) in [6.07, 6.45) is -0.307. The Morgan fingerprint density at radius 3 is 2.39 bits per heavy atom. The third-order valence-electron chi connectivity index (χ3n) is 5.18. The highest BCUT2D eigenvalue weighted by Crippen LogP contribution is 2.42. The molecule has 2 nitrogen and oxygen atoms in total. The summed E-state index contributed by atoms with van der Waals surface area (Å²) in [7, 11) is 0. The SMILES string of the molecule is C=CCOC1CCC(C2CCC(OCCC)C(F)C2F)CC1F. The molecule has 0 aromatic rings. The Kier molecular flexibility index (Phi) is 7.41. The Labute approximate surface area is 137 Å². The molecule has 23 heavy (non-hydrogen) atoms. The zero-order valence-electron chi connectivity index (χ0n) is 13.9. The summed E-state index contributed by atoms with van der Waals surface area (Å²) in [6.45, 7) is 6.29. The van der Waals surface area contributed by atoms with Gasteiger partial charge in [-0.3, -0.25) is 0 Å². The largest absolute Gasteiger partial charge is 0.375 e. The van der Waals surface area contributed by atoms with Crippen LogP contribution in [0.3, 0.4) is 0 Å². The standard InChI is InChI=1S/C18H29F3O2/c1-3-9-22-15-7-5-12(11-14(15)19)13-6-8-16(23-10-4-2)18(21)17(13)20/h3,12-18H,1,4-11H2,2H3. The first-order valence-electron chi connectivity index (χ1n) is 8.84. The first kappa shape index (κ1) is 18.8. The Bertz CT molecular complexity index is 366. The molecule has 5 heteroatoms. The summed E-state index contributed by atoms with van der Waals surface area (Å²) in [6, 6.07) is 0. The summed E-state index contributed by atoms with van der Waals surface area (Å²) in [5.74, 6) is -0.501. The Morgan fingerprint density at radius 1 is 1.00 bits per heavy atom. The van der Waals surface area contributed by atoms with E-state index in [9.17, 15) is 13.2 Å². The number of ether oxygens (including phenoxy) is 2. The fraction of sp³-hybridized carbons (Fsp3) is 0.889. The minimum absolute atomic E-state index is 0.103. The summed E-state index contributed by atoms with van der Waals surface area (Å²) < 4.78 is 53.9. The molecule has 0 aromatic carbocycles. The molecule has 0 radical (unpaired) electrons. The van der Waals surface area contributed by atoms with Crippen LogP contribution in [0.1, 0.15) is 45.4 Å². The Morgan fingerprint density at radius 2 is 1.74 bits per heavy atom. The second-order valence-electron chi connectivity index (χ2n) is 6.79. The Hall–Kier alpha value is -0.550. The molecule has 2 saturated carbocycles. The van der Waals surface area contributed by atoms with E-state index >= 15 is 0 Å². The van der Waals surface area contributed by atoms with Crippen molar-refractivity contribution in [2.45, 2.75) is 76.2 Å². The molecular formula is C18H29F3O2. The summed E-state index contributed by atoms with van der Waals surface area (Å²) >= 11 is 0. The van der Waals surface area contributed by atoms with E-state index in [0.717, 1.165) is 6.42 Å². The zero-order chi connectivity index (χ0) is 16.8. The van der Waals surface area contributed by atoms with Crippen molar-refractivity contribution in [1.29, 1.82) is 0 Å². The van der Waals surface area contributed by atoms with Crippen molar-refractivity contribution < 1.29 is 22.6 Å². The van der Waals surface area contributed by atoms with Gasteiger partial charge in [0, 0.05) is 6.61 Å². The predicted octanol–water partition coefficient (Wildman–Crippen LogP) is 4.58. The lowest BCUT2D eigenvalue weighted by Gasteiger charge is -2.42. The molecule has 134 valence electrons. The minimum Gasteiger partial charge on any atom is -0.375 e. The van der Waals surface area contributed by atoms with Gasteiger partial charge >= 0.3 is 0 Å². The molecule has 7 unspecified atom stereocenters. The van der Waals surface area contributed by atoms with Crippen LogP contribution in [0.2, 0.25) is 0 Å². The maximum absolute atomic E-state index is 14.5. The van der Waals surface area contributed by atoms with Crippen LogP contribution in [0, 0.1) is 11.8 Å². The lowest BCUT2D eigenvalue weighted by Crippen LogP contribution is -2.47. The van der Waals surface area contributed by atoms with Gasteiger partial charge in [0.1, 0.15) is 12.3 Å². The minimum atomic E-state index is -1.59. The topological polar surface area (TPSA) is 18.5 Å². The van der Waals surface area contributed by atoms with E-state index in [4.69, 9.17) is 9.47 Å². The Balaban J connectivity index is 1.87. The number of hydrogen-bond acceptors (Lipinski definition) is 2. The van der Waals surface area contributed by atoms with E-state index in [2.05, 4.69) is 6.58 Å². The predicted molar refractivity (Wildman–Crippen MR) is 84.7 cm³/mol. The molecule has 0 N–H and O–H groups in total. The summed E-state index contributed by atoms with van der Waals surface area (Å²) in [4.78, 5) is 0. The average molecular weight is 334 g/mol. The molecule has 0 aromatic heterocycles. The van der Waals surface area contributed by atoms with E-state index < -0.39 is 36.6 Å². The van der Waals surface area contributed by atoms with Crippen LogP contribution in [0.15, 0.2) is 12.7 Å². The van der Waals surface area contributed by atoms with Gasteiger partial charge in [-0.2, -0.15) is 0 Å². The maximum atomic E-state index is 14.5. The maximum Gasteiger partial charge on any atom is 0.157 e. The van der Waals surface area contributed by atoms with Crippen LogP contribution in [0.5, 0.6) is 0 Å². The molecule has 0 heterocycles. The molecule has 0 spiro atoms. The van der Waals surface area contributed by atoms with Crippen molar-refractivity contribution in [3.05, 3.63) is 12.7 Å². The van der Waals surface area contributed by atoms with E-state index in [0.29, 0.717) is 38.9 Å². The van der Waals surface area contributed by atoms with Crippen molar-refractivity contribution in [3.63, 3.8) is 0 Å². The molecule has 2 fully saturated rings. The van der Waals surface area contributed by atoms with Crippen molar-refractivity contribution >= 4 is 0 Å². The van der Waals surface area contributed by atoms with Crippen LogP contribution < -0.4 is 0 Å². The fourth-order valence-corrected chi connectivity index (χ4v) is 3.94. The van der Waals surface area contributed by atoms with Gasteiger partial charge < -0.3 is 9.47 Å². The second-order valence-corrected chi connectivity index (χ2v) is 6.79. The number of rotatable bonds is 7. The number of alkyl halides is 3. The fourth-order valence-electron chi connectivity index (χ4n) is 3.94. The van der Waals surface area contributed by atoms with Gasteiger partial charge in [0.25, 0.3) is 0 Å². The van der Waals surface area contributed by atoms with Gasteiger partial charge in [-0.1, -0.05) is 13.0 Å². The summed E-state index contributed by atoms with van der Waals surface area (Å²) in [5.41, 5.74) is 0. The molecule has 0 aliphatic heterocycles. The quantitative estimate of drug-likeness (QED) is 0.635. The van der Waals surface area contributed by atoms with E-state index in [1.54, 1.807) is 6.08 Å². The molecule has 2 aliphatic rings. The molecule has 2 rings (SSSR count). The number of hydrogen-bond donors (Lipinski definition) is 0. The molecular weight excluding hydrogens is 305 g/mol. The summed E-state index contributed by atoms with van der Waals surface area (Å²) in [5, 5.41) is 0. The smallest absolute Gasteiger partial charge is 0.157 e. The highest BCUT2D eigenvalue weighted by atomic mass is 19.2. The number of halogens is 3. The van der Waals surface area contributed by atoms with Crippen molar-refractivity contribution in [1.82, 2.24) is 0 Å². The van der Waals surface area contributed by atoms with Crippen LogP contribution >= 0.6 is 0 Å². The van der Waals surface area contributed by atoms with Gasteiger partial charge in [-0.05, 0) is 50.4 Å². The lowest BCUT2D eigenvalue weighted by molar-refractivity contribution is -0.0976. The van der Waals surface area contributed by atoms with E-state index in [1.807, 2.05) is 6.92 Å². The van der Waals surface area contributed by atoms with Crippen molar-refractivity contribution in [2.75, 3.05) is 13.2 Å². The van der Waals surface area contributed by atoms with Crippen LogP contribution in [-0.4, -0.2) is 43.9 Å². The van der Waals surface area contributed by atoms with Crippen LogP contribution in [0.4, 0.5) is 13.2 Å². The van der Waals surface area contributed by atoms with Gasteiger partial charge in [-0.15, -0.1) is 6.58 Å². The molecule has 2 aliphatic carbocycles. The first-order valence-corrected chi connectivity index (χ1v) is 8.84. The van der Waals surface area contributed by atoms with E-state index in [1.165, 1.54) is 0 Å². The highest BCUT2D eigenvalue weighted by Gasteiger charge is 2.46.